The summed E-state index contributed by atoms with van der Waals surface area (Å²) in [5, 5.41) is 4.40. The lowest BCUT2D eigenvalue weighted by Crippen LogP contribution is -1.93. The highest BCUT2D eigenvalue weighted by atomic mass is 16.1. The summed E-state index contributed by atoms with van der Waals surface area (Å²) in [4.78, 5) is 10.6. The minimum atomic E-state index is 0.698. The van der Waals surface area contributed by atoms with Gasteiger partial charge in [0.25, 0.3) is 0 Å². The van der Waals surface area contributed by atoms with Crippen LogP contribution in [-0.2, 0) is 6.54 Å². The smallest absolute Gasteiger partial charge is 0.150 e. The number of aldehydes is 1. The SMILES string of the molecule is CCn1cc(-c2ccc(C=O)cc2)c(C)n1. The van der Waals surface area contributed by atoms with Crippen LogP contribution in [0.3, 0.4) is 0 Å². The highest BCUT2D eigenvalue weighted by Gasteiger charge is 2.06. The van der Waals surface area contributed by atoms with E-state index in [0.29, 0.717) is 5.56 Å². The molecule has 1 aromatic heterocycles. The fourth-order valence-corrected chi connectivity index (χ4v) is 1.70. The van der Waals surface area contributed by atoms with Crippen LogP contribution in [0.15, 0.2) is 30.5 Å². The predicted octanol–water partition coefficient (Wildman–Crippen LogP) is 2.69. The van der Waals surface area contributed by atoms with Crippen molar-refractivity contribution in [2.75, 3.05) is 0 Å². The van der Waals surface area contributed by atoms with Gasteiger partial charge < -0.3 is 0 Å². The average molecular weight is 214 g/mol. The zero-order valence-corrected chi connectivity index (χ0v) is 9.47. The standard InChI is InChI=1S/C13H14N2O/c1-3-15-8-13(10(2)14-15)12-6-4-11(9-16)5-7-12/h4-9H,3H2,1-2H3. The number of carbonyl (C=O) groups is 1. The first-order valence-corrected chi connectivity index (χ1v) is 5.34. The van der Waals surface area contributed by atoms with Gasteiger partial charge in [-0.05, 0) is 19.4 Å². The van der Waals surface area contributed by atoms with Crippen LogP contribution in [0.2, 0.25) is 0 Å². The largest absolute Gasteiger partial charge is 0.298 e. The van der Waals surface area contributed by atoms with Crippen LogP contribution in [-0.4, -0.2) is 16.1 Å². The lowest BCUT2D eigenvalue weighted by atomic mass is 10.1. The topological polar surface area (TPSA) is 34.9 Å². The van der Waals surface area contributed by atoms with Crippen molar-refractivity contribution in [3.63, 3.8) is 0 Å². The van der Waals surface area contributed by atoms with Gasteiger partial charge in [0.15, 0.2) is 0 Å². The van der Waals surface area contributed by atoms with Gasteiger partial charge in [-0.1, -0.05) is 24.3 Å². The molecule has 0 saturated carbocycles. The Morgan fingerprint density at radius 3 is 2.50 bits per heavy atom. The maximum absolute atomic E-state index is 10.6. The number of aromatic nitrogens is 2. The minimum Gasteiger partial charge on any atom is -0.298 e. The number of rotatable bonds is 3. The summed E-state index contributed by atoms with van der Waals surface area (Å²) in [6.45, 7) is 4.92. The summed E-state index contributed by atoms with van der Waals surface area (Å²) in [6.07, 6.45) is 2.89. The van der Waals surface area contributed by atoms with Gasteiger partial charge >= 0.3 is 0 Å². The Kier molecular flexibility index (Phi) is 2.86. The van der Waals surface area contributed by atoms with Gasteiger partial charge in [-0.2, -0.15) is 5.10 Å². The van der Waals surface area contributed by atoms with Gasteiger partial charge in [0.1, 0.15) is 6.29 Å². The molecule has 2 aromatic rings. The molecule has 3 nitrogen and oxygen atoms in total. The molecule has 2 rings (SSSR count). The first kappa shape index (κ1) is 10.6. The fraction of sp³-hybridized carbons (Fsp3) is 0.231. The number of nitrogens with zero attached hydrogens (tertiary/aromatic N) is 2. The van der Waals surface area contributed by atoms with Gasteiger partial charge in [-0.3, -0.25) is 9.48 Å². The Hall–Kier alpha value is -1.90. The third-order valence-corrected chi connectivity index (χ3v) is 2.63. The number of carbonyl (C=O) groups excluding carboxylic acids is 1. The molecule has 16 heavy (non-hydrogen) atoms. The molecule has 0 saturated heterocycles. The Morgan fingerprint density at radius 1 is 1.31 bits per heavy atom. The van der Waals surface area contributed by atoms with Crippen LogP contribution >= 0.6 is 0 Å². The van der Waals surface area contributed by atoms with E-state index in [-0.39, 0.29) is 0 Å². The summed E-state index contributed by atoms with van der Waals surface area (Å²) in [5.41, 5.74) is 3.94. The zero-order valence-electron chi connectivity index (χ0n) is 9.47. The molecule has 0 bridgehead atoms. The van der Waals surface area contributed by atoms with Gasteiger partial charge in [0.05, 0.1) is 5.69 Å². The molecular formula is C13H14N2O. The van der Waals surface area contributed by atoms with Gasteiger partial charge in [-0.25, -0.2) is 0 Å². The van der Waals surface area contributed by atoms with Gasteiger partial charge in [-0.15, -0.1) is 0 Å². The Balaban J connectivity index is 2.41. The van der Waals surface area contributed by atoms with E-state index >= 15 is 0 Å². The van der Waals surface area contributed by atoms with E-state index in [1.165, 1.54) is 0 Å². The van der Waals surface area contributed by atoms with E-state index in [1.807, 2.05) is 42.1 Å². The minimum absolute atomic E-state index is 0.698. The summed E-state index contributed by atoms with van der Waals surface area (Å²) in [6, 6.07) is 7.55. The Morgan fingerprint density at radius 2 is 2.00 bits per heavy atom. The molecule has 1 heterocycles. The predicted molar refractivity (Wildman–Crippen MR) is 63.5 cm³/mol. The monoisotopic (exact) mass is 214 g/mol. The fourth-order valence-electron chi connectivity index (χ4n) is 1.70. The van der Waals surface area contributed by atoms with Crippen molar-refractivity contribution in [3.8, 4) is 11.1 Å². The van der Waals surface area contributed by atoms with Crippen LogP contribution in [0.5, 0.6) is 0 Å². The molecule has 0 N–H and O–H groups in total. The number of benzene rings is 1. The van der Waals surface area contributed by atoms with Gasteiger partial charge in [0.2, 0.25) is 0 Å². The van der Waals surface area contributed by atoms with E-state index < -0.39 is 0 Å². The average Bonchev–Trinajstić information content (AvgIpc) is 2.71. The van der Waals surface area contributed by atoms with Crippen molar-refractivity contribution in [3.05, 3.63) is 41.7 Å². The third-order valence-electron chi connectivity index (χ3n) is 2.63. The van der Waals surface area contributed by atoms with Crippen molar-refractivity contribution in [1.82, 2.24) is 9.78 Å². The van der Waals surface area contributed by atoms with E-state index in [2.05, 4.69) is 12.0 Å². The second kappa shape index (κ2) is 4.31. The van der Waals surface area contributed by atoms with Crippen molar-refractivity contribution < 1.29 is 4.79 Å². The quantitative estimate of drug-likeness (QED) is 0.736. The Labute approximate surface area is 94.7 Å². The molecule has 1 aromatic carbocycles. The molecule has 0 amide bonds. The van der Waals surface area contributed by atoms with Crippen LogP contribution in [0.25, 0.3) is 11.1 Å². The van der Waals surface area contributed by atoms with Crippen molar-refractivity contribution in [2.45, 2.75) is 20.4 Å². The first-order chi connectivity index (χ1) is 7.74. The first-order valence-electron chi connectivity index (χ1n) is 5.34. The van der Waals surface area contributed by atoms with E-state index in [4.69, 9.17) is 0 Å². The molecule has 0 spiro atoms. The van der Waals surface area contributed by atoms with E-state index in [9.17, 15) is 4.79 Å². The maximum Gasteiger partial charge on any atom is 0.150 e. The van der Waals surface area contributed by atoms with Crippen molar-refractivity contribution in [2.24, 2.45) is 0 Å². The lowest BCUT2D eigenvalue weighted by molar-refractivity contribution is 0.112. The molecule has 0 fully saturated rings. The van der Waals surface area contributed by atoms with E-state index in [1.54, 1.807) is 0 Å². The summed E-state index contributed by atoms with van der Waals surface area (Å²) in [5.74, 6) is 0. The molecule has 3 heteroatoms. The van der Waals surface area contributed by atoms with Crippen molar-refractivity contribution >= 4 is 6.29 Å². The molecule has 0 atom stereocenters. The molecule has 82 valence electrons. The third kappa shape index (κ3) is 1.89. The Bertz CT molecular complexity index is 497. The van der Waals surface area contributed by atoms with Crippen LogP contribution in [0.1, 0.15) is 23.0 Å². The van der Waals surface area contributed by atoms with E-state index in [0.717, 1.165) is 29.7 Å². The number of hydrogen-bond acceptors (Lipinski definition) is 2. The molecule has 0 aliphatic heterocycles. The van der Waals surface area contributed by atoms with Crippen LogP contribution in [0, 0.1) is 6.92 Å². The maximum atomic E-state index is 10.6. The molecular weight excluding hydrogens is 200 g/mol. The van der Waals surface area contributed by atoms with Crippen molar-refractivity contribution in [1.29, 1.82) is 0 Å². The second-order valence-corrected chi connectivity index (χ2v) is 3.72. The molecule has 0 aliphatic carbocycles. The summed E-state index contributed by atoms with van der Waals surface area (Å²) in [7, 11) is 0. The highest BCUT2D eigenvalue weighted by molar-refractivity contribution is 5.77. The molecule has 0 aliphatic rings. The van der Waals surface area contributed by atoms with Crippen LogP contribution in [0.4, 0.5) is 0 Å². The number of hydrogen-bond donors (Lipinski definition) is 0. The molecule has 0 unspecified atom stereocenters. The summed E-state index contributed by atoms with van der Waals surface area (Å²) < 4.78 is 1.91. The molecule has 0 radical (unpaired) electrons. The summed E-state index contributed by atoms with van der Waals surface area (Å²) >= 11 is 0. The second-order valence-electron chi connectivity index (χ2n) is 3.72. The number of aryl methyl sites for hydroxylation is 2. The van der Waals surface area contributed by atoms with Gasteiger partial charge in [0, 0.05) is 23.9 Å². The van der Waals surface area contributed by atoms with Crippen LogP contribution < -0.4 is 0 Å². The lowest BCUT2D eigenvalue weighted by Gasteiger charge is -1.98. The normalized spacial score (nSPS) is 10.4. The zero-order chi connectivity index (χ0) is 11.5. The highest BCUT2D eigenvalue weighted by Crippen LogP contribution is 2.22.